The number of rotatable bonds is 7. The van der Waals surface area contributed by atoms with E-state index in [0.717, 1.165) is 32.1 Å². The highest BCUT2D eigenvalue weighted by Gasteiger charge is 2.33. The molecule has 0 aromatic heterocycles. The number of aliphatic carboxylic acids is 1. The zero-order chi connectivity index (χ0) is 19.1. The quantitative estimate of drug-likeness (QED) is 0.690. The van der Waals surface area contributed by atoms with E-state index in [2.05, 4.69) is 10.6 Å². The summed E-state index contributed by atoms with van der Waals surface area (Å²) in [6.45, 7) is 1.26. The highest BCUT2D eigenvalue weighted by molar-refractivity contribution is 5.90. The van der Waals surface area contributed by atoms with Gasteiger partial charge in [0.25, 0.3) is 0 Å². The molecule has 0 saturated heterocycles. The van der Waals surface area contributed by atoms with Crippen LogP contribution in [0.15, 0.2) is 24.3 Å². The van der Waals surface area contributed by atoms with E-state index in [-0.39, 0.29) is 17.9 Å². The Bertz CT molecular complexity index is 659. The zero-order valence-corrected chi connectivity index (χ0v) is 14.8. The summed E-state index contributed by atoms with van der Waals surface area (Å²) in [5, 5.41) is 14.6. The minimum Gasteiger partial charge on any atom is -0.480 e. The maximum atomic E-state index is 13.9. The van der Waals surface area contributed by atoms with Gasteiger partial charge in [-0.2, -0.15) is 0 Å². The Balaban J connectivity index is 2.12. The van der Waals surface area contributed by atoms with Gasteiger partial charge in [-0.3, -0.25) is 9.59 Å². The maximum Gasteiger partial charge on any atom is 0.326 e. The predicted octanol–water partition coefficient (Wildman–Crippen LogP) is 2.02. The Morgan fingerprint density at radius 1 is 1.15 bits per heavy atom. The lowest BCUT2D eigenvalue weighted by Gasteiger charge is -2.29. The lowest BCUT2D eigenvalue weighted by Crippen LogP contribution is -2.54. The smallest absolute Gasteiger partial charge is 0.326 e. The molecule has 2 atom stereocenters. The molecule has 1 saturated carbocycles. The first-order chi connectivity index (χ1) is 12.4. The molecule has 1 aliphatic carbocycles. The van der Waals surface area contributed by atoms with Crippen LogP contribution >= 0.6 is 0 Å². The molecule has 0 spiro atoms. The third-order valence-electron chi connectivity index (χ3n) is 4.76. The van der Waals surface area contributed by atoms with Crippen LogP contribution in [0.2, 0.25) is 0 Å². The molecule has 0 aliphatic heterocycles. The van der Waals surface area contributed by atoms with Crippen molar-refractivity contribution in [1.82, 2.24) is 10.6 Å². The van der Waals surface area contributed by atoms with Crippen molar-refractivity contribution >= 4 is 17.8 Å². The van der Waals surface area contributed by atoms with E-state index in [1.165, 1.54) is 25.1 Å². The average molecular weight is 364 g/mol. The van der Waals surface area contributed by atoms with Gasteiger partial charge in [-0.1, -0.05) is 37.5 Å². The Kier molecular flexibility index (Phi) is 7.12. The van der Waals surface area contributed by atoms with Crippen molar-refractivity contribution in [2.75, 3.05) is 0 Å². The third-order valence-corrected chi connectivity index (χ3v) is 4.76. The number of carboxylic acids is 1. The Labute approximate surface area is 152 Å². The second kappa shape index (κ2) is 9.31. The summed E-state index contributed by atoms with van der Waals surface area (Å²) < 4.78 is 13.9. The summed E-state index contributed by atoms with van der Waals surface area (Å²) in [6.07, 6.45) is 4.39. The molecular formula is C19H25FN2O4. The summed E-state index contributed by atoms with van der Waals surface area (Å²) in [7, 11) is 0. The molecule has 0 unspecified atom stereocenters. The van der Waals surface area contributed by atoms with Gasteiger partial charge in [0.15, 0.2) is 0 Å². The first kappa shape index (κ1) is 19.9. The number of carbonyl (C=O) groups excluding carboxylic acids is 2. The molecule has 1 aromatic rings. The Morgan fingerprint density at radius 3 is 2.38 bits per heavy atom. The van der Waals surface area contributed by atoms with E-state index >= 15 is 0 Å². The van der Waals surface area contributed by atoms with Crippen molar-refractivity contribution in [3.8, 4) is 0 Å². The van der Waals surface area contributed by atoms with Gasteiger partial charge in [0.2, 0.25) is 11.8 Å². The average Bonchev–Trinajstić information content (AvgIpc) is 2.60. The van der Waals surface area contributed by atoms with Gasteiger partial charge in [-0.15, -0.1) is 0 Å². The largest absolute Gasteiger partial charge is 0.480 e. The van der Waals surface area contributed by atoms with Crippen molar-refractivity contribution in [2.45, 2.75) is 57.5 Å². The molecule has 1 fully saturated rings. The lowest BCUT2D eigenvalue weighted by atomic mass is 9.83. The van der Waals surface area contributed by atoms with Crippen LogP contribution in [0.3, 0.4) is 0 Å². The fourth-order valence-electron chi connectivity index (χ4n) is 3.44. The number of halogens is 1. The minimum atomic E-state index is -1.09. The Morgan fingerprint density at radius 2 is 1.81 bits per heavy atom. The van der Waals surface area contributed by atoms with Crippen LogP contribution in [0.5, 0.6) is 0 Å². The molecule has 0 heterocycles. The molecule has 0 radical (unpaired) electrons. The van der Waals surface area contributed by atoms with Crippen LogP contribution in [0.1, 0.15) is 44.6 Å². The summed E-state index contributed by atoms with van der Waals surface area (Å²) in [5.74, 6) is -2.74. The van der Waals surface area contributed by atoms with Gasteiger partial charge in [-0.25, -0.2) is 9.18 Å². The third kappa shape index (κ3) is 5.54. The first-order valence-corrected chi connectivity index (χ1v) is 8.92. The molecule has 2 amide bonds. The standard InChI is InChI=1S/C19H25FN2O4/c1-12(23)21-16(11-14-9-5-6-10-15(14)20)18(24)22-17(19(25)26)13-7-3-2-4-8-13/h5-6,9-10,13,16-17H,2-4,7-8,11H2,1H3,(H,21,23)(H,22,24)(H,25,26)/t16-,17+/m0/s1. The number of nitrogens with one attached hydrogen (secondary N) is 2. The monoisotopic (exact) mass is 364 g/mol. The van der Waals surface area contributed by atoms with Crippen molar-refractivity contribution in [3.05, 3.63) is 35.6 Å². The van der Waals surface area contributed by atoms with E-state index in [1.807, 2.05) is 0 Å². The summed E-state index contributed by atoms with van der Waals surface area (Å²) in [5.41, 5.74) is 0.283. The summed E-state index contributed by atoms with van der Waals surface area (Å²) in [4.78, 5) is 35.7. The van der Waals surface area contributed by atoms with Gasteiger partial charge in [-0.05, 0) is 30.4 Å². The molecule has 1 aliphatic rings. The van der Waals surface area contributed by atoms with Gasteiger partial charge in [0.05, 0.1) is 0 Å². The van der Waals surface area contributed by atoms with Crippen LogP contribution in [0.25, 0.3) is 0 Å². The zero-order valence-electron chi connectivity index (χ0n) is 14.8. The highest BCUT2D eigenvalue weighted by atomic mass is 19.1. The molecule has 26 heavy (non-hydrogen) atoms. The van der Waals surface area contributed by atoms with Crippen molar-refractivity contribution in [3.63, 3.8) is 0 Å². The summed E-state index contributed by atoms with van der Waals surface area (Å²) in [6, 6.07) is 3.96. The van der Waals surface area contributed by atoms with Crippen LogP contribution in [0, 0.1) is 11.7 Å². The first-order valence-electron chi connectivity index (χ1n) is 8.92. The number of hydrogen-bond donors (Lipinski definition) is 3. The SMILES string of the molecule is CC(=O)N[C@@H](Cc1ccccc1F)C(=O)N[C@@H](C(=O)O)C1CCCCC1. The van der Waals surface area contributed by atoms with Crippen molar-refractivity contribution in [1.29, 1.82) is 0 Å². The molecule has 7 heteroatoms. The fourth-order valence-corrected chi connectivity index (χ4v) is 3.44. The molecule has 1 aromatic carbocycles. The Hall–Kier alpha value is -2.44. The van der Waals surface area contributed by atoms with E-state index in [9.17, 15) is 23.9 Å². The molecular weight excluding hydrogens is 339 g/mol. The van der Waals surface area contributed by atoms with Crippen LogP contribution < -0.4 is 10.6 Å². The topological polar surface area (TPSA) is 95.5 Å². The number of amides is 2. The van der Waals surface area contributed by atoms with Gasteiger partial charge in [0, 0.05) is 13.3 Å². The summed E-state index contributed by atoms with van der Waals surface area (Å²) >= 11 is 0. The lowest BCUT2D eigenvalue weighted by molar-refractivity contribution is -0.144. The normalized spacial score (nSPS) is 17.2. The van der Waals surface area contributed by atoms with Crippen LogP contribution in [-0.2, 0) is 20.8 Å². The second-order valence-corrected chi connectivity index (χ2v) is 6.77. The van der Waals surface area contributed by atoms with Crippen LogP contribution in [-0.4, -0.2) is 35.0 Å². The van der Waals surface area contributed by atoms with Crippen molar-refractivity contribution in [2.24, 2.45) is 5.92 Å². The molecule has 2 rings (SSSR count). The molecule has 6 nitrogen and oxygen atoms in total. The maximum absolute atomic E-state index is 13.9. The van der Waals surface area contributed by atoms with Gasteiger partial charge < -0.3 is 15.7 Å². The number of benzene rings is 1. The molecule has 0 bridgehead atoms. The van der Waals surface area contributed by atoms with E-state index in [1.54, 1.807) is 6.07 Å². The van der Waals surface area contributed by atoms with Gasteiger partial charge in [0.1, 0.15) is 17.9 Å². The minimum absolute atomic E-state index is 0.0465. The van der Waals surface area contributed by atoms with Crippen molar-refractivity contribution < 1.29 is 23.9 Å². The molecule has 142 valence electrons. The second-order valence-electron chi connectivity index (χ2n) is 6.77. The fraction of sp³-hybridized carbons (Fsp3) is 0.526. The number of hydrogen-bond acceptors (Lipinski definition) is 3. The molecule has 3 N–H and O–H groups in total. The number of carbonyl (C=O) groups is 3. The van der Waals surface area contributed by atoms with Crippen LogP contribution in [0.4, 0.5) is 4.39 Å². The van der Waals surface area contributed by atoms with Gasteiger partial charge >= 0.3 is 5.97 Å². The van der Waals surface area contributed by atoms with E-state index in [0.29, 0.717) is 0 Å². The van der Waals surface area contributed by atoms with E-state index in [4.69, 9.17) is 0 Å². The predicted molar refractivity (Wildman–Crippen MR) is 93.9 cm³/mol. The number of carboxylic acid groups (broad SMARTS) is 1. The highest BCUT2D eigenvalue weighted by Crippen LogP contribution is 2.26. The van der Waals surface area contributed by atoms with E-state index < -0.39 is 35.7 Å².